The maximum absolute atomic E-state index is 3.46. The maximum Gasteiger partial charge on any atom is 0.0460 e. The van der Waals surface area contributed by atoms with Gasteiger partial charge in [-0.25, -0.2) is 0 Å². The van der Waals surface area contributed by atoms with E-state index < -0.39 is 0 Å². The van der Waals surface area contributed by atoms with Crippen molar-refractivity contribution >= 4 is 17.5 Å². The third-order valence-corrected chi connectivity index (χ3v) is 2.84. The van der Waals surface area contributed by atoms with Crippen molar-refractivity contribution in [3.8, 4) is 0 Å². The summed E-state index contributed by atoms with van der Waals surface area (Å²) in [7, 11) is 0. The summed E-state index contributed by atoms with van der Waals surface area (Å²) in [5.41, 5.74) is 4.68. The van der Waals surface area contributed by atoms with E-state index in [1.54, 1.807) is 0 Å². The minimum atomic E-state index is 1.11. The first-order valence-corrected chi connectivity index (χ1v) is 6.51. The summed E-state index contributed by atoms with van der Waals surface area (Å²) in [6.07, 6.45) is 8.23. The highest BCUT2D eigenvalue weighted by molar-refractivity contribution is 5.73. The zero-order chi connectivity index (χ0) is 13.5. The molecular weight excluding hydrogens is 230 g/mol. The molecule has 0 aromatic heterocycles. The van der Waals surface area contributed by atoms with Gasteiger partial charge in [0, 0.05) is 11.4 Å². The van der Waals surface area contributed by atoms with Gasteiger partial charge < -0.3 is 5.32 Å². The van der Waals surface area contributed by atoms with Crippen LogP contribution in [0.1, 0.15) is 18.1 Å². The van der Waals surface area contributed by atoms with Crippen LogP contribution in [0.5, 0.6) is 0 Å². The quantitative estimate of drug-likeness (QED) is 0.722. The Bertz CT molecular complexity index is 580. The monoisotopic (exact) mass is 249 g/mol. The molecule has 1 N–H and O–H groups in total. The zero-order valence-corrected chi connectivity index (χ0v) is 11.4. The molecule has 0 saturated heterocycles. The molecule has 19 heavy (non-hydrogen) atoms. The number of hydrogen-bond donors (Lipinski definition) is 1. The number of hydrogen-bond acceptors (Lipinski definition) is 1. The Kier molecular flexibility index (Phi) is 4.57. The van der Waals surface area contributed by atoms with E-state index in [1.807, 2.05) is 37.3 Å². The lowest BCUT2D eigenvalue weighted by Crippen LogP contribution is -1.93. The van der Waals surface area contributed by atoms with Crippen LogP contribution in [-0.2, 0) is 0 Å². The zero-order valence-electron chi connectivity index (χ0n) is 11.4. The van der Waals surface area contributed by atoms with Gasteiger partial charge in [-0.2, -0.15) is 0 Å². The van der Waals surface area contributed by atoms with E-state index in [0.717, 1.165) is 11.4 Å². The Morgan fingerprint density at radius 1 is 0.947 bits per heavy atom. The van der Waals surface area contributed by atoms with Crippen LogP contribution in [-0.4, -0.2) is 0 Å². The maximum atomic E-state index is 3.46. The summed E-state index contributed by atoms with van der Waals surface area (Å²) in [6, 6.07) is 16.7. The van der Waals surface area contributed by atoms with Crippen LogP contribution < -0.4 is 5.32 Å². The molecule has 0 saturated carbocycles. The lowest BCUT2D eigenvalue weighted by molar-refractivity contribution is 1.44. The van der Waals surface area contributed by atoms with E-state index >= 15 is 0 Å². The highest BCUT2D eigenvalue weighted by atomic mass is 14.9. The van der Waals surface area contributed by atoms with E-state index in [-0.39, 0.29) is 0 Å². The van der Waals surface area contributed by atoms with Crippen molar-refractivity contribution in [2.24, 2.45) is 0 Å². The second-order valence-corrected chi connectivity index (χ2v) is 4.47. The molecular formula is C18H19N. The Hall–Kier alpha value is -2.28. The Balaban J connectivity index is 2.29. The second kappa shape index (κ2) is 6.60. The van der Waals surface area contributed by atoms with Gasteiger partial charge in [0.25, 0.3) is 0 Å². The fourth-order valence-corrected chi connectivity index (χ4v) is 1.87. The number of benzene rings is 2. The molecule has 2 aromatic rings. The van der Waals surface area contributed by atoms with Gasteiger partial charge in [-0.1, -0.05) is 54.6 Å². The van der Waals surface area contributed by atoms with Gasteiger partial charge >= 0.3 is 0 Å². The van der Waals surface area contributed by atoms with Crippen molar-refractivity contribution in [1.82, 2.24) is 0 Å². The lowest BCUT2D eigenvalue weighted by atomic mass is 10.1. The van der Waals surface area contributed by atoms with Crippen LogP contribution in [0.2, 0.25) is 0 Å². The lowest BCUT2D eigenvalue weighted by Gasteiger charge is -2.10. The van der Waals surface area contributed by atoms with Crippen molar-refractivity contribution in [3.63, 3.8) is 0 Å². The number of para-hydroxylation sites is 1. The molecule has 0 bridgehead atoms. The number of rotatable bonds is 4. The predicted octanol–water partition coefficient (Wildman–Crippen LogP) is 5.33. The molecule has 0 aliphatic heterocycles. The summed E-state index contributed by atoms with van der Waals surface area (Å²) in [5, 5.41) is 3.46. The summed E-state index contributed by atoms with van der Waals surface area (Å²) in [6.45, 7) is 4.12. The topological polar surface area (TPSA) is 12.0 Å². The first kappa shape index (κ1) is 13.2. The molecule has 0 fully saturated rings. The molecule has 1 heteroatoms. The molecule has 0 spiro atoms. The van der Waals surface area contributed by atoms with Crippen LogP contribution in [0, 0.1) is 6.92 Å². The van der Waals surface area contributed by atoms with E-state index in [2.05, 4.69) is 54.7 Å². The molecule has 1 nitrogen and oxygen atoms in total. The van der Waals surface area contributed by atoms with E-state index in [1.165, 1.54) is 11.1 Å². The van der Waals surface area contributed by atoms with Crippen LogP contribution in [0.3, 0.4) is 0 Å². The second-order valence-electron chi connectivity index (χ2n) is 4.47. The molecule has 0 aliphatic carbocycles. The molecule has 0 aliphatic rings. The number of nitrogens with one attached hydrogen (secondary N) is 1. The summed E-state index contributed by atoms with van der Waals surface area (Å²) >= 11 is 0. The van der Waals surface area contributed by atoms with Gasteiger partial charge in [0.1, 0.15) is 0 Å². The van der Waals surface area contributed by atoms with E-state index in [4.69, 9.17) is 0 Å². The normalized spacial score (nSPS) is 11.3. The Morgan fingerprint density at radius 2 is 1.74 bits per heavy atom. The van der Waals surface area contributed by atoms with Gasteiger partial charge in [0.15, 0.2) is 0 Å². The molecule has 0 unspecified atom stereocenters. The number of aryl methyl sites for hydroxylation is 1. The molecule has 2 rings (SSSR count). The first-order valence-electron chi connectivity index (χ1n) is 6.51. The Labute approximate surface area is 115 Å². The summed E-state index contributed by atoms with van der Waals surface area (Å²) < 4.78 is 0. The van der Waals surface area contributed by atoms with Crippen molar-refractivity contribution in [2.45, 2.75) is 13.8 Å². The Morgan fingerprint density at radius 3 is 2.47 bits per heavy atom. The molecule has 0 heterocycles. The third kappa shape index (κ3) is 3.85. The molecule has 0 atom stereocenters. The first-order chi connectivity index (χ1) is 9.29. The average Bonchev–Trinajstić information content (AvgIpc) is 2.43. The minimum absolute atomic E-state index is 1.11. The van der Waals surface area contributed by atoms with Crippen molar-refractivity contribution in [3.05, 3.63) is 77.9 Å². The highest BCUT2D eigenvalue weighted by Gasteiger charge is 2.00. The highest BCUT2D eigenvalue weighted by Crippen LogP contribution is 2.23. The number of allylic oxidation sites excluding steroid dienone is 3. The van der Waals surface area contributed by atoms with Gasteiger partial charge in [-0.05, 0) is 43.2 Å². The van der Waals surface area contributed by atoms with Gasteiger partial charge in [-0.3, -0.25) is 0 Å². The van der Waals surface area contributed by atoms with Crippen LogP contribution in [0.15, 0.2) is 66.8 Å². The predicted molar refractivity (Wildman–Crippen MR) is 84.8 cm³/mol. The smallest absolute Gasteiger partial charge is 0.0460 e. The minimum Gasteiger partial charge on any atom is -0.355 e. The van der Waals surface area contributed by atoms with Crippen molar-refractivity contribution < 1.29 is 0 Å². The largest absolute Gasteiger partial charge is 0.355 e. The number of anilines is 2. The van der Waals surface area contributed by atoms with E-state index in [0.29, 0.717) is 0 Å². The van der Waals surface area contributed by atoms with Crippen molar-refractivity contribution in [1.29, 1.82) is 0 Å². The molecule has 0 amide bonds. The molecule has 96 valence electrons. The van der Waals surface area contributed by atoms with Gasteiger partial charge in [-0.15, -0.1) is 0 Å². The van der Waals surface area contributed by atoms with E-state index in [9.17, 15) is 0 Å². The molecule has 2 aromatic carbocycles. The van der Waals surface area contributed by atoms with Gasteiger partial charge in [0.2, 0.25) is 0 Å². The third-order valence-electron chi connectivity index (χ3n) is 2.84. The fraction of sp³-hybridized carbons (Fsp3) is 0.111. The van der Waals surface area contributed by atoms with Crippen LogP contribution >= 0.6 is 0 Å². The standard InChI is InChI=1S/C18H19N/c1-3-4-6-9-16-13-12-15(2)14-18(16)19-17-10-7-5-8-11-17/h3-14,19H,1-2H3/b4-3-,9-6-. The summed E-state index contributed by atoms with van der Waals surface area (Å²) in [5.74, 6) is 0. The SMILES string of the molecule is C/C=C\C=C/c1ccc(C)cc1Nc1ccccc1. The summed E-state index contributed by atoms with van der Waals surface area (Å²) in [4.78, 5) is 0. The van der Waals surface area contributed by atoms with Crippen LogP contribution in [0.4, 0.5) is 11.4 Å². The van der Waals surface area contributed by atoms with Gasteiger partial charge in [0.05, 0.1) is 0 Å². The average molecular weight is 249 g/mol. The fourth-order valence-electron chi connectivity index (χ4n) is 1.87. The van der Waals surface area contributed by atoms with Crippen LogP contribution in [0.25, 0.3) is 6.08 Å². The van der Waals surface area contributed by atoms with Crippen molar-refractivity contribution in [2.75, 3.05) is 5.32 Å². The molecule has 0 radical (unpaired) electrons.